The Labute approximate surface area is 190 Å². The third kappa shape index (κ3) is 6.83. The third-order valence-electron chi connectivity index (χ3n) is 5.45. The van der Waals surface area contributed by atoms with Gasteiger partial charge in [-0.2, -0.15) is 0 Å². The lowest BCUT2D eigenvalue weighted by Crippen LogP contribution is -2.45. The molecule has 0 aliphatic carbocycles. The van der Waals surface area contributed by atoms with Gasteiger partial charge in [-0.15, -0.1) is 0 Å². The molecular weight excluding hydrogens is 426 g/mol. The molecular formula is C24H25N3O6. The van der Waals surface area contributed by atoms with Gasteiger partial charge in [0.25, 0.3) is 5.69 Å². The molecule has 0 spiro atoms. The van der Waals surface area contributed by atoms with Crippen molar-refractivity contribution >= 4 is 28.4 Å². The monoisotopic (exact) mass is 451 g/mol. The summed E-state index contributed by atoms with van der Waals surface area (Å²) in [6.07, 6.45) is 0. The summed E-state index contributed by atoms with van der Waals surface area (Å²) in [5, 5.41) is 28.3. The fourth-order valence-corrected chi connectivity index (χ4v) is 3.80. The number of nitro benzene ring substituents is 1. The Kier molecular flexibility index (Phi) is 8.06. The normalized spacial score (nSPS) is 14.3. The second kappa shape index (κ2) is 11.2. The minimum Gasteiger partial charge on any atom is -0.473 e. The Bertz CT molecular complexity index is 1120. The van der Waals surface area contributed by atoms with Crippen LogP contribution in [-0.2, 0) is 22.7 Å². The van der Waals surface area contributed by atoms with E-state index in [9.17, 15) is 10.1 Å². The molecule has 0 atom stereocenters. The molecule has 9 heteroatoms. The molecule has 3 aromatic rings. The second-order valence-corrected chi connectivity index (χ2v) is 7.73. The van der Waals surface area contributed by atoms with Gasteiger partial charge < -0.3 is 10.2 Å². The zero-order valence-corrected chi connectivity index (χ0v) is 18.0. The van der Waals surface area contributed by atoms with Crippen LogP contribution in [0.5, 0.6) is 0 Å². The highest BCUT2D eigenvalue weighted by Gasteiger charge is 2.18. The van der Waals surface area contributed by atoms with Crippen molar-refractivity contribution in [2.24, 2.45) is 0 Å². The Morgan fingerprint density at radius 2 is 1.39 bits per heavy atom. The highest BCUT2D eigenvalue weighted by atomic mass is 16.6. The molecule has 0 bridgehead atoms. The molecule has 172 valence electrons. The van der Waals surface area contributed by atoms with Gasteiger partial charge in [-0.05, 0) is 21.9 Å². The largest absolute Gasteiger partial charge is 0.473 e. The molecule has 0 unspecified atom stereocenters. The first kappa shape index (κ1) is 23.8. The van der Waals surface area contributed by atoms with Crippen LogP contribution in [-0.4, -0.2) is 63.1 Å². The second-order valence-electron chi connectivity index (χ2n) is 7.73. The van der Waals surface area contributed by atoms with Crippen molar-refractivity contribution in [3.05, 3.63) is 88.0 Å². The first-order valence-electron chi connectivity index (χ1n) is 10.4. The zero-order chi connectivity index (χ0) is 23.8. The number of carbonyl (C=O) groups is 2. The maximum Gasteiger partial charge on any atom is 0.414 e. The highest BCUT2D eigenvalue weighted by molar-refractivity contribution is 6.27. The van der Waals surface area contributed by atoms with Gasteiger partial charge in [0, 0.05) is 51.4 Å². The van der Waals surface area contributed by atoms with Crippen molar-refractivity contribution in [1.29, 1.82) is 0 Å². The van der Waals surface area contributed by atoms with E-state index in [1.807, 2.05) is 6.07 Å². The van der Waals surface area contributed by atoms with Crippen molar-refractivity contribution in [2.75, 3.05) is 26.2 Å². The van der Waals surface area contributed by atoms with Crippen LogP contribution in [0.3, 0.4) is 0 Å². The highest BCUT2D eigenvalue weighted by Crippen LogP contribution is 2.21. The average Bonchev–Trinajstić information content (AvgIpc) is 2.81. The molecule has 1 saturated heterocycles. The smallest absolute Gasteiger partial charge is 0.414 e. The number of non-ortho nitro benzene ring substituents is 1. The first-order chi connectivity index (χ1) is 15.8. The number of nitrogens with zero attached hydrogens (tertiary/aromatic N) is 3. The van der Waals surface area contributed by atoms with Crippen LogP contribution in [0.1, 0.15) is 11.1 Å². The predicted octanol–water partition coefficient (Wildman–Crippen LogP) is 3.22. The van der Waals surface area contributed by atoms with Crippen LogP contribution in [0, 0.1) is 10.1 Å². The van der Waals surface area contributed by atoms with Crippen molar-refractivity contribution in [2.45, 2.75) is 13.1 Å². The lowest BCUT2D eigenvalue weighted by atomic mass is 10.0. The van der Waals surface area contributed by atoms with Crippen molar-refractivity contribution < 1.29 is 24.7 Å². The van der Waals surface area contributed by atoms with E-state index in [0.29, 0.717) is 0 Å². The summed E-state index contributed by atoms with van der Waals surface area (Å²) in [6, 6.07) is 22.0. The summed E-state index contributed by atoms with van der Waals surface area (Å²) in [4.78, 5) is 33.7. The van der Waals surface area contributed by atoms with Gasteiger partial charge >= 0.3 is 11.9 Å². The van der Waals surface area contributed by atoms with Crippen LogP contribution in [0.15, 0.2) is 66.7 Å². The molecule has 1 aliphatic rings. The fraction of sp³-hybridized carbons (Fsp3) is 0.250. The summed E-state index contributed by atoms with van der Waals surface area (Å²) < 4.78 is 0. The fourth-order valence-electron chi connectivity index (χ4n) is 3.80. The van der Waals surface area contributed by atoms with E-state index in [4.69, 9.17) is 19.8 Å². The average molecular weight is 451 g/mol. The maximum atomic E-state index is 10.9. The molecule has 33 heavy (non-hydrogen) atoms. The summed E-state index contributed by atoms with van der Waals surface area (Å²) >= 11 is 0. The lowest BCUT2D eigenvalue weighted by molar-refractivity contribution is -0.384. The van der Waals surface area contributed by atoms with Gasteiger partial charge in [0.15, 0.2) is 0 Å². The summed E-state index contributed by atoms with van der Waals surface area (Å²) in [7, 11) is 0. The molecule has 1 aliphatic heterocycles. The standard InChI is InChI=1S/C22H23N3O2.C2H2O4/c26-25(27)21-9-3-5-18(15-21)16-23-11-13-24(14-12-23)17-20-8-4-7-19-6-1-2-10-22(19)20;3-1(4)2(5)6/h1-10,15H,11-14,16-17H2;(H,3,4)(H,5,6). The number of rotatable bonds is 5. The van der Waals surface area contributed by atoms with Crippen molar-refractivity contribution in [1.82, 2.24) is 9.80 Å². The number of hydrogen-bond acceptors (Lipinski definition) is 6. The molecule has 0 saturated carbocycles. The minimum atomic E-state index is -1.82. The first-order valence-corrected chi connectivity index (χ1v) is 10.4. The number of carboxylic acid groups (broad SMARTS) is 2. The van der Waals surface area contributed by atoms with E-state index >= 15 is 0 Å². The summed E-state index contributed by atoms with van der Waals surface area (Å²) in [5.41, 5.74) is 2.55. The minimum absolute atomic E-state index is 0.169. The Morgan fingerprint density at radius 3 is 2.03 bits per heavy atom. The summed E-state index contributed by atoms with van der Waals surface area (Å²) in [5.74, 6) is -3.65. The van der Waals surface area contributed by atoms with E-state index < -0.39 is 11.9 Å². The molecule has 4 rings (SSSR count). The van der Waals surface area contributed by atoms with Gasteiger partial charge in [0.1, 0.15) is 0 Å². The van der Waals surface area contributed by atoms with Gasteiger partial charge in [0.05, 0.1) is 4.92 Å². The molecule has 1 fully saturated rings. The predicted molar refractivity (Wildman–Crippen MR) is 123 cm³/mol. The van der Waals surface area contributed by atoms with Gasteiger partial charge in [0.2, 0.25) is 0 Å². The molecule has 0 amide bonds. The molecule has 9 nitrogen and oxygen atoms in total. The van der Waals surface area contributed by atoms with Crippen molar-refractivity contribution in [3.63, 3.8) is 0 Å². The molecule has 2 N–H and O–H groups in total. The van der Waals surface area contributed by atoms with Crippen LogP contribution in [0.25, 0.3) is 10.8 Å². The number of aliphatic carboxylic acids is 2. The molecule has 0 radical (unpaired) electrons. The maximum absolute atomic E-state index is 10.9. The lowest BCUT2D eigenvalue weighted by Gasteiger charge is -2.35. The van der Waals surface area contributed by atoms with E-state index in [1.54, 1.807) is 18.2 Å². The van der Waals surface area contributed by atoms with Crippen LogP contribution >= 0.6 is 0 Å². The van der Waals surface area contributed by atoms with E-state index in [2.05, 4.69) is 52.3 Å². The van der Waals surface area contributed by atoms with Crippen molar-refractivity contribution in [3.8, 4) is 0 Å². The topological polar surface area (TPSA) is 124 Å². The zero-order valence-electron chi connectivity index (χ0n) is 18.0. The number of carboxylic acids is 2. The van der Waals surface area contributed by atoms with E-state index in [1.165, 1.54) is 16.3 Å². The number of benzene rings is 3. The third-order valence-corrected chi connectivity index (χ3v) is 5.45. The van der Waals surface area contributed by atoms with Gasteiger partial charge in [-0.3, -0.25) is 19.9 Å². The van der Waals surface area contributed by atoms with Gasteiger partial charge in [-0.25, -0.2) is 9.59 Å². The van der Waals surface area contributed by atoms with Crippen LogP contribution < -0.4 is 0 Å². The van der Waals surface area contributed by atoms with E-state index in [0.717, 1.165) is 44.8 Å². The molecule has 0 aromatic heterocycles. The number of piperazine rings is 1. The van der Waals surface area contributed by atoms with Gasteiger partial charge in [-0.1, -0.05) is 54.6 Å². The number of hydrogen-bond donors (Lipinski definition) is 2. The van der Waals surface area contributed by atoms with Crippen LogP contribution in [0.2, 0.25) is 0 Å². The van der Waals surface area contributed by atoms with E-state index in [-0.39, 0.29) is 10.6 Å². The Hall–Kier alpha value is -3.82. The SMILES string of the molecule is O=C(O)C(=O)O.O=[N+]([O-])c1cccc(CN2CCN(Cc3cccc4ccccc34)CC2)c1. The number of nitro groups is 1. The quantitative estimate of drug-likeness (QED) is 0.344. The number of fused-ring (bicyclic) bond motifs is 1. The van der Waals surface area contributed by atoms with Crippen LogP contribution in [0.4, 0.5) is 5.69 Å². The Balaban J connectivity index is 0.000000454. The summed E-state index contributed by atoms with van der Waals surface area (Å²) in [6.45, 7) is 5.72. The Morgan fingerprint density at radius 1 is 0.818 bits per heavy atom. The molecule has 3 aromatic carbocycles. The molecule has 1 heterocycles.